The lowest BCUT2D eigenvalue weighted by atomic mass is 9.98. The van der Waals surface area contributed by atoms with Gasteiger partial charge in [0, 0.05) is 89.4 Å². The van der Waals surface area contributed by atoms with Crippen molar-refractivity contribution in [3.05, 3.63) is 90.1 Å². The highest BCUT2D eigenvalue weighted by Crippen LogP contribution is 2.24. The van der Waals surface area contributed by atoms with Gasteiger partial charge in [0.2, 0.25) is 53.2 Å². The SMILES string of the molecule is CCCC[C@H](NC(C)=O)C(=O)N[C@H]1CC(=O)NCCCC[C@@H](C(N)=O)N(C)C(=O)[C@H](Cc2c[nH]c3ccccc23)N(C)C(=O)[C@H](CCCN=C(N)N)N(C)C(=O)[C@@H](Cc2ccccc2)NC(=O)[C@H](Cc2cnc[nH]2)NC1=O. The fourth-order valence-corrected chi connectivity index (χ4v) is 9.35. The minimum Gasteiger partial charge on any atom is -0.370 e. The molecule has 1 aliphatic rings. The third-order valence-corrected chi connectivity index (χ3v) is 13.7. The molecule has 0 bridgehead atoms. The average Bonchev–Trinajstić information content (AvgIpc) is 4.08. The minimum atomic E-state index is -1.58. The number of hydrogen-bond acceptors (Lipinski definition) is 11. The lowest BCUT2D eigenvalue weighted by Crippen LogP contribution is -2.61. The lowest BCUT2D eigenvalue weighted by molar-refractivity contribution is -0.152. The van der Waals surface area contributed by atoms with Crippen LogP contribution in [-0.2, 0) is 62.4 Å². The van der Waals surface area contributed by atoms with Crippen LogP contribution in [-0.4, -0.2) is 165 Å². The number of amides is 9. The van der Waals surface area contributed by atoms with Gasteiger partial charge in [-0.1, -0.05) is 68.3 Å². The topological polar surface area (TPSA) is 358 Å². The second-order valence-corrected chi connectivity index (χ2v) is 19.4. The number of hydrogen-bond donors (Lipinski definition) is 10. The Bertz CT molecular complexity index is 2690. The van der Waals surface area contributed by atoms with E-state index >= 15 is 9.59 Å². The van der Waals surface area contributed by atoms with Gasteiger partial charge in [-0.25, -0.2) is 4.98 Å². The Hall–Kier alpha value is -8.31. The van der Waals surface area contributed by atoms with Crippen molar-refractivity contribution in [1.82, 2.24) is 56.2 Å². The maximum atomic E-state index is 15.3. The summed E-state index contributed by atoms with van der Waals surface area (Å²) in [6, 6.07) is 7.06. The largest absolute Gasteiger partial charge is 0.370 e. The van der Waals surface area contributed by atoms with Gasteiger partial charge < -0.3 is 68.5 Å². The van der Waals surface area contributed by atoms with E-state index in [9.17, 15) is 33.6 Å². The first-order valence-electron chi connectivity index (χ1n) is 25.9. The molecule has 0 radical (unpaired) electrons. The maximum absolute atomic E-state index is 15.3. The zero-order valence-corrected chi connectivity index (χ0v) is 44.5. The number of unbranched alkanes of at least 4 members (excludes halogenated alkanes) is 1. The van der Waals surface area contributed by atoms with Gasteiger partial charge in [0.15, 0.2) is 5.96 Å². The first-order valence-corrected chi connectivity index (χ1v) is 25.9. The first kappa shape index (κ1) is 59.6. The quantitative estimate of drug-likeness (QED) is 0.0373. The van der Waals surface area contributed by atoms with E-state index in [0.29, 0.717) is 29.7 Å². The number of carbonyl (C=O) groups excluding carboxylic acids is 9. The molecule has 3 heterocycles. The highest BCUT2D eigenvalue weighted by Gasteiger charge is 2.41. The number of guanidine groups is 1. The summed E-state index contributed by atoms with van der Waals surface area (Å²) < 4.78 is 0. The third kappa shape index (κ3) is 17.4. The number of likely N-dealkylation sites (N-methyl/N-ethyl adjacent to an activating group) is 3. The number of carbonyl (C=O) groups is 9. The zero-order valence-electron chi connectivity index (χ0n) is 44.5. The molecule has 0 spiro atoms. The molecular formula is C53H75N15O9. The van der Waals surface area contributed by atoms with E-state index in [2.05, 4.69) is 46.5 Å². The molecular weight excluding hydrogens is 991 g/mol. The fourth-order valence-electron chi connectivity index (χ4n) is 9.35. The van der Waals surface area contributed by atoms with Crippen LogP contribution >= 0.6 is 0 Å². The Morgan fingerprint density at radius 2 is 1.48 bits per heavy atom. The van der Waals surface area contributed by atoms with Crippen molar-refractivity contribution in [1.29, 1.82) is 0 Å². The van der Waals surface area contributed by atoms with Crippen molar-refractivity contribution in [3.8, 4) is 0 Å². The van der Waals surface area contributed by atoms with E-state index in [1.54, 1.807) is 36.5 Å². The zero-order chi connectivity index (χ0) is 56.2. The molecule has 7 atom stereocenters. The Morgan fingerprint density at radius 1 is 0.792 bits per heavy atom. The van der Waals surface area contributed by atoms with Crippen LogP contribution in [0, 0.1) is 0 Å². The average molecular weight is 1070 g/mol. The molecule has 5 rings (SSSR count). The number of nitrogens with two attached hydrogens (primary N) is 3. The molecule has 0 aliphatic carbocycles. The van der Waals surface area contributed by atoms with Crippen LogP contribution in [0.25, 0.3) is 10.9 Å². The van der Waals surface area contributed by atoms with Crippen LogP contribution in [0.4, 0.5) is 0 Å². The van der Waals surface area contributed by atoms with E-state index in [1.165, 1.54) is 55.3 Å². The maximum Gasteiger partial charge on any atom is 0.246 e. The lowest BCUT2D eigenvalue weighted by Gasteiger charge is -2.38. The van der Waals surface area contributed by atoms with Gasteiger partial charge in [0.05, 0.1) is 12.7 Å². The monoisotopic (exact) mass is 1070 g/mol. The van der Waals surface area contributed by atoms with Gasteiger partial charge in [-0.3, -0.25) is 48.1 Å². The fraction of sp³-hybridized carbons (Fsp3) is 0.491. The Labute approximate surface area is 447 Å². The summed E-state index contributed by atoms with van der Waals surface area (Å²) in [5.41, 5.74) is 19.8. The molecule has 13 N–H and O–H groups in total. The summed E-state index contributed by atoms with van der Waals surface area (Å²) in [6.07, 6.45) is 5.96. The summed E-state index contributed by atoms with van der Waals surface area (Å²) in [6.45, 7) is 3.28. The summed E-state index contributed by atoms with van der Waals surface area (Å²) in [7, 11) is 4.29. The van der Waals surface area contributed by atoms with Crippen LogP contribution in [0.1, 0.15) is 88.5 Å². The molecule has 77 heavy (non-hydrogen) atoms. The molecule has 2 aromatic carbocycles. The predicted molar refractivity (Wildman–Crippen MR) is 288 cm³/mol. The number of para-hydroxylation sites is 1. The second-order valence-electron chi connectivity index (χ2n) is 19.4. The normalized spacial score (nSPS) is 21.4. The van der Waals surface area contributed by atoms with Crippen LogP contribution in [0.5, 0.6) is 0 Å². The van der Waals surface area contributed by atoms with Crippen LogP contribution < -0.4 is 43.8 Å². The standard InChI is InChI=1S/C53H75N15O9/c1-6-7-19-38(62-32(2)69)47(72)64-40-28-45(70)58-23-14-13-21-42(46(54)71)66(3)52(77)44(26-34-29-60-37-20-12-11-18-36(34)37)68(5)51(76)43(22-15-24-59-53(55)56)67(4)50(75)41(25-33-16-9-8-10-17-33)65-48(73)39(63-49(40)74)27-35-30-57-31-61-35/h8-12,16-18,20,29-31,38-44,60H,6-7,13-15,19,21-28H2,1-5H3,(H2,54,71)(H,57,61)(H,58,70)(H,62,69)(H,63,74)(H,64,72)(H,65,73)(H4,55,56,59)/t38-,39-,40-,41+,42-,43-,44-/m0/s1. The number of benzene rings is 2. The van der Waals surface area contributed by atoms with Gasteiger partial charge in [-0.05, 0) is 55.7 Å². The summed E-state index contributed by atoms with van der Waals surface area (Å²) in [5, 5.41) is 14.3. The van der Waals surface area contributed by atoms with Crippen molar-refractivity contribution in [2.24, 2.45) is 22.2 Å². The number of rotatable bonds is 17. The van der Waals surface area contributed by atoms with Crippen molar-refractivity contribution in [2.45, 2.75) is 133 Å². The van der Waals surface area contributed by atoms with Crippen molar-refractivity contribution >= 4 is 70.0 Å². The Kier molecular flexibility index (Phi) is 22.5. The highest BCUT2D eigenvalue weighted by atomic mass is 16.2. The Morgan fingerprint density at radius 3 is 2.16 bits per heavy atom. The predicted octanol–water partition coefficient (Wildman–Crippen LogP) is -0.222. The number of fused-ring (bicyclic) bond motifs is 1. The van der Waals surface area contributed by atoms with Gasteiger partial charge in [0.25, 0.3) is 0 Å². The number of aliphatic imine (C=N–C) groups is 1. The molecule has 1 aliphatic heterocycles. The molecule has 24 nitrogen and oxygen atoms in total. The molecule has 9 amide bonds. The van der Waals surface area contributed by atoms with Crippen LogP contribution in [0.3, 0.4) is 0 Å². The molecule has 2 aromatic heterocycles. The third-order valence-electron chi connectivity index (χ3n) is 13.7. The number of nitrogens with zero attached hydrogens (tertiary/aromatic N) is 5. The minimum absolute atomic E-state index is 0.0123. The number of H-pyrrole nitrogens is 2. The molecule has 1 fully saturated rings. The van der Waals surface area contributed by atoms with Crippen molar-refractivity contribution in [2.75, 3.05) is 34.2 Å². The van der Waals surface area contributed by atoms with E-state index in [0.717, 1.165) is 10.9 Å². The second kappa shape index (κ2) is 29.1. The van der Waals surface area contributed by atoms with E-state index in [1.807, 2.05) is 31.2 Å². The number of nitrogens with one attached hydrogen (secondary N) is 7. The number of aromatic amines is 2. The van der Waals surface area contributed by atoms with Crippen LogP contribution in [0.2, 0.25) is 0 Å². The molecule has 24 heteroatoms. The van der Waals surface area contributed by atoms with Crippen LogP contribution in [0.15, 0.2) is 78.3 Å². The van der Waals surface area contributed by atoms with Gasteiger partial charge in [-0.2, -0.15) is 0 Å². The van der Waals surface area contributed by atoms with E-state index < -0.39 is 102 Å². The number of imidazole rings is 1. The molecule has 1 saturated heterocycles. The molecule has 0 unspecified atom stereocenters. The first-order chi connectivity index (χ1) is 36.8. The Balaban J connectivity index is 1.62. The highest BCUT2D eigenvalue weighted by molar-refractivity contribution is 5.99. The smallest absolute Gasteiger partial charge is 0.246 e. The molecule has 4 aromatic rings. The van der Waals surface area contributed by atoms with E-state index in [-0.39, 0.29) is 76.8 Å². The van der Waals surface area contributed by atoms with Crippen molar-refractivity contribution < 1.29 is 43.2 Å². The molecule has 0 saturated carbocycles. The van der Waals surface area contributed by atoms with Gasteiger partial charge in [-0.15, -0.1) is 0 Å². The summed E-state index contributed by atoms with van der Waals surface area (Å²) in [5.74, 6) is -6.64. The summed E-state index contributed by atoms with van der Waals surface area (Å²) >= 11 is 0. The summed E-state index contributed by atoms with van der Waals surface area (Å²) in [4.78, 5) is 146. The number of primary amides is 1. The number of aromatic nitrogens is 3. The van der Waals surface area contributed by atoms with Gasteiger partial charge >= 0.3 is 0 Å². The van der Waals surface area contributed by atoms with Gasteiger partial charge in [0.1, 0.15) is 42.3 Å². The van der Waals surface area contributed by atoms with Crippen molar-refractivity contribution in [3.63, 3.8) is 0 Å². The van der Waals surface area contributed by atoms with E-state index in [4.69, 9.17) is 17.2 Å². The molecule has 416 valence electrons.